The van der Waals surface area contributed by atoms with Crippen LogP contribution in [0.5, 0.6) is 0 Å². The second-order valence-corrected chi connectivity index (χ2v) is 26.7. The molecule has 0 radical (unpaired) electrons. The topological polar surface area (TPSA) is 571 Å². The van der Waals surface area contributed by atoms with Gasteiger partial charge in [0.15, 0.2) is 17.9 Å². The first-order valence-corrected chi connectivity index (χ1v) is 36.0. The van der Waals surface area contributed by atoms with Crippen LogP contribution in [-0.2, 0) is 68.8 Å². The Bertz CT molecular complexity index is 4410. The van der Waals surface area contributed by atoms with Gasteiger partial charge in [-0.05, 0) is 117 Å². The van der Waals surface area contributed by atoms with Gasteiger partial charge in [-0.1, -0.05) is 93.1 Å². The van der Waals surface area contributed by atoms with Crippen LogP contribution in [0.1, 0.15) is 100 Å². The third kappa shape index (κ3) is 23.5. The van der Waals surface area contributed by atoms with E-state index in [2.05, 4.69) is 78.4 Å². The molecule has 10 atom stereocenters. The number of carbonyl (C=O) groups is 9. The number of para-hydroxylation sites is 4. The predicted octanol–water partition coefficient (Wildman–Crippen LogP) is 1.14. The summed E-state index contributed by atoms with van der Waals surface area (Å²) in [5.41, 5.74) is 34.3. The van der Waals surface area contributed by atoms with Crippen LogP contribution >= 0.6 is 0 Å². The number of carbonyl (C=O) groups excluding carboxylic acids is 8. The van der Waals surface area contributed by atoms with Crippen molar-refractivity contribution in [2.24, 2.45) is 34.6 Å². The maximum Gasteiger partial charge on any atom is 0.326 e. The number of benzene rings is 4. The Hall–Kier alpha value is -12.0. The van der Waals surface area contributed by atoms with E-state index < -0.39 is 108 Å². The summed E-state index contributed by atoms with van der Waals surface area (Å²) in [5, 5.41) is 67.1. The molecule has 0 saturated heterocycles. The lowest BCUT2D eigenvalue weighted by atomic mass is 9.98. The fourth-order valence-electron chi connectivity index (χ4n) is 12.8. The van der Waals surface area contributed by atoms with Crippen molar-refractivity contribution in [2.45, 2.75) is 158 Å². The van der Waals surface area contributed by atoms with Crippen LogP contribution < -0.4 is 87.2 Å². The molecular weight excluding hydrogens is 1370 g/mol. The Balaban J connectivity index is 1.10. The summed E-state index contributed by atoms with van der Waals surface area (Å²) in [6.45, 7) is 4.14. The number of aromatic nitrogens is 4. The fourth-order valence-corrected chi connectivity index (χ4v) is 12.8. The van der Waals surface area contributed by atoms with Crippen LogP contribution in [0.3, 0.4) is 0 Å². The van der Waals surface area contributed by atoms with Crippen molar-refractivity contribution in [2.75, 3.05) is 26.2 Å². The van der Waals surface area contributed by atoms with Gasteiger partial charge in [-0.25, -0.2) is 4.79 Å². The maximum absolute atomic E-state index is 15.6. The van der Waals surface area contributed by atoms with Gasteiger partial charge in [0.05, 0.1) is 6.04 Å². The van der Waals surface area contributed by atoms with Gasteiger partial charge in [-0.2, -0.15) is 0 Å². The number of amides is 8. The molecule has 4 aromatic carbocycles. The number of carboxylic acid groups (broad SMARTS) is 1. The van der Waals surface area contributed by atoms with E-state index in [-0.39, 0.29) is 127 Å². The molecule has 0 bridgehead atoms. The third-order valence-electron chi connectivity index (χ3n) is 18.9. The molecule has 0 unspecified atom stereocenters. The van der Waals surface area contributed by atoms with E-state index in [0.717, 1.165) is 21.8 Å². The average molecular weight is 1470 g/mol. The van der Waals surface area contributed by atoms with Crippen molar-refractivity contribution in [1.29, 1.82) is 16.2 Å². The smallest absolute Gasteiger partial charge is 0.326 e. The van der Waals surface area contributed by atoms with Gasteiger partial charge in [0.2, 0.25) is 47.3 Å². The van der Waals surface area contributed by atoms with Crippen LogP contribution in [0.25, 0.3) is 43.6 Å². The van der Waals surface area contributed by atoms with Gasteiger partial charge >= 0.3 is 5.97 Å². The van der Waals surface area contributed by atoms with Crippen molar-refractivity contribution in [1.82, 2.24) is 78.4 Å². The Morgan fingerprint density at radius 2 is 0.636 bits per heavy atom. The second-order valence-electron chi connectivity index (χ2n) is 26.7. The molecule has 8 rings (SSSR count). The highest BCUT2D eigenvalue weighted by Crippen LogP contribution is 2.25. The number of hydrogen-bond donors (Lipinski definition) is 24. The van der Waals surface area contributed by atoms with E-state index in [0.29, 0.717) is 56.9 Å². The van der Waals surface area contributed by atoms with Gasteiger partial charge in [-0.15, -0.1) is 0 Å². The zero-order chi connectivity index (χ0) is 77.1. The third-order valence-corrected chi connectivity index (χ3v) is 18.9. The highest BCUT2D eigenvalue weighted by atomic mass is 16.4. The fraction of sp³-hybridized carbons (Fsp3) is 0.405. The molecule has 107 heavy (non-hydrogen) atoms. The van der Waals surface area contributed by atoms with Gasteiger partial charge in [0, 0.05) is 114 Å². The molecule has 0 aliphatic carbocycles. The van der Waals surface area contributed by atoms with Crippen molar-refractivity contribution in [3.05, 3.63) is 144 Å². The van der Waals surface area contributed by atoms with Crippen LogP contribution in [0.4, 0.5) is 0 Å². The number of hydrogen-bond acceptors (Lipinski definition) is 14. The molecule has 33 heteroatoms. The quantitative estimate of drug-likeness (QED) is 0.0145. The zero-order valence-electron chi connectivity index (χ0n) is 60.1. The number of guanidine groups is 3. The molecule has 0 aliphatic heterocycles. The van der Waals surface area contributed by atoms with Crippen molar-refractivity contribution < 1.29 is 48.3 Å². The number of fused-ring (bicyclic) bond motifs is 4. The van der Waals surface area contributed by atoms with Crippen LogP contribution in [-0.4, -0.2) is 177 Å². The molecule has 8 aromatic rings. The number of H-pyrrole nitrogens is 4. The molecular formula is C74H101N23O10. The van der Waals surface area contributed by atoms with Gasteiger partial charge in [0.25, 0.3) is 0 Å². The molecule has 572 valence electrons. The van der Waals surface area contributed by atoms with E-state index in [4.69, 9.17) is 44.9 Å². The van der Waals surface area contributed by atoms with E-state index in [1.54, 1.807) is 37.8 Å². The monoisotopic (exact) mass is 1470 g/mol. The Morgan fingerprint density at radius 1 is 0.383 bits per heavy atom. The summed E-state index contributed by atoms with van der Waals surface area (Å²) in [7, 11) is 0. The molecule has 0 fully saturated rings. The summed E-state index contributed by atoms with van der Waals surface area (Å²) in [6.07, 6.45) is 7.59. The van der Waals surface area contributed by atoms with Crippen molar-refractivity contribution in [3.63, 3.8) is 0 Å². The minimum Gasteiger partial charge on any atom is -0.480 e. The van der Waals surface area contributed by atoms with Gasteiger partial charge < -0.3 is 112 Å². The second kappa shape index (κ2) is 39.8. The van der Waals surface area contributed by atoms with E-state index in [1.807, 2.05) is 97.9 Å². The lowest BCUT2D eigenvalue weighted by Crippen LogP contribution is -2.61. The minimum atomic E-state index is -1.51. The number of unbranched alkanes of at least 4 members (excludes halogenated alkanes) is 1. The zero-order valence-corrected chi connectivity index (χ0v) is 60.1. The number of carboxylic acids is 1. The molecule has 29 N–H and O–H groups in total. The standard InChI is InChI=1S/C74H101N23O10/c1-3-41(2)62(76)70(105)93-57(28-16-32-85-74(81)82)65(100)92-56(27-15-31-84-73(79)80)64(99)91-55(26-14-30-83-72(77)78)63(98)90-54(25-12-13-29-75)66(101)94-58(33-42-37-86-50-21-8-4-17-46(42)50)67(102)95-59(34-43-38-87-51-22-9-5-18-47(43)51)68(103)96-60(35-44-39-88-52-23-10-6-19-48(44)52)69(104)97-61(71(106)107)36-45-40-89-53-24-11-7-20-49(45)53/h4-11,17-24,37-41,54-62,86-89H,3,12-16,25-36,75-76H2,1-2H3,(H,90,98)(H,91,99)(H,92,100)(H,93,105)(H,94,101)(H,95,102)(H,96,103)(H,97,104)(H,106,107)(H4,77,78,83)(H4,79,80,84)(H4,81,82,85)/t41-,54-,55-,56-,57-,58-,59-,60-,61-,62-/m0/s1. The number of aliphatic carboxylic acids is 1. The minimum absolute atomic E-state index is 0.0123. The summed E-state index contributed by atoms with van der Waals surface area (Å²) >= 11 is 0. The van der Waals surface area contributed by atoms with Crippen molar-refractivity contribution in [3.8, 4) is 0 Å². The first-order chi connectivity index (χ1) is 51.4. The molecule has 4 heterocycles. The summed E-state index contributed by atoms with van der Waals surface area (Å²) in [6, 6.07) is 16.8. The van der Waals surface area contributed by atoms with Crippen LogP contribution in [0.15, 0.2) is 122 Å². The normalized spacial score (nSPS) is 14.1. The highest BCUT2D eigenvalue weighted by molar-refractivity contribution is 6.00. The van der Waals surface area contributed by atoms with E-state index in [1.165, 1.54) is 0 Å². The summed E-state index contributed by atoms with van der Waals surface area (Å²) in [4.78, 5) is 145. The largest absolute Gasteiger partial charge is 0.480 e. The molecule has 0 saturated carbocycles. The number of rotatable bonds is 43. The first-order valence-electron chi connectivity index (χ1n) is 36.0. The Kier molecular flexibility index (Phi) is 30.0. The Labute approximate surface area is 618 Å². The van der Waals surface area contributed by atoms with Crippen LogP contribution in [0, 0.1) is 22.1 Å². The summed E-state index contributed by atoms with van der Waals surface area (Å²) in [5.74, 6) is -9.15. The Morgan fingerprint density at radius 3 is 0.916 bits per heavy atom. The molecule has 0 spiro atoms. The average Bonchev–Trinajstić information content (AvgIpc) is 1.75. The lowest BCUT2D eigenvalue weighted by molar-refractivity contribution is -0.142. The highest BCUT2D eigenvalue weighted by Gasteiger charge is 2.37. The lowest BCUT2D eigenvalue weighted by Gasteiger charge is -2.28. The van der Waals surface area contributed by atoms with Crippen LogP contribution in [0.2, 0.25) is 0 Å². The number of nitrogens with one attached hydrogen (secondary N) is 18. The summed E-state index contributed by atoms with van der Waals surface area (Å²) < 4.78 is 0. The van der Waals surface area contributed by atoms with Gasteiger partial charge in [0.1, 0.15) is 48.3 Å². The SMILES string of the molecule is CC[C@H](C)[C@H](N)C(=O)N[C@@H](CCCNC(=N)N)C(=O)N[C@@H](CCCNC(=N)N)C(=O)N[C@@H](CCCNC(=N)N)C(=O)N[C@@H](CCCCN)C(=O)N[C@@H](Cc1c[nH]c2ccccc12)C(=O)N[C@@H](Cc1c[nH]c2ccccc12)C(=O)N[C@@H](Cc1c[nH]c2ccccc12)C(=O)N[C@@H](Cc1c[nH]c2ccccc12)C(=O)O. The molecule has 0 aliphatic rings. The molecule has 33 nitrogen and oxygen atoms in total. The number of aromatic amines is 4. The van der Waals surface area contributed by atoms with Gasteiger partial charge in [-0.3, -0.25) is 54.6 Å². The van der Waals surface area contributed by atoms with Crippen molar-refractivity contribution >= 4 is 115 Å². The number of nitrogens with two attached hydrogens (primary N) is 5. The maximum atomic E-state index is 15.6. The van der Waals surface area contributed by atoms with E-state index >= 15 is 19.2 Å². The predicted molar refractivity (Wildman–Crippen MR) is 409 cm³/mol. The first kappa shape index (κ1) is 80.7. The molecule has 4 aromatic heterocycles. The van der Waals surface area contributed by atoms with E-state index in [9.17, 15) is 29.1 Å². The molecule has 8 amide bonds.